The molecule has 0 radical (unpaired) electrons. The SMILES string of the molecule is CC(C)C(=Cc1c(F)c(F)c(F)c(F)c1F)CBr. The third-order valence-electron chi connectivity index (χ3n) is 2.47. The molecule has 1 rings (SSSR count). The molecule has 0 N–H and O–H groups in total. The van der Waals surface area contributed by atoms with Gasteiger partial charge in [0.05, 0.1) is 5.56 Å². The summed E-state index contributed by atoms with van der Waals surface area (Å²) < 4.78 is 65.5. The predicted octanol–water partition coefficient (Wildman–Crippen LogP) is 4.82. The Balaban J connectivity index is 3.51. The van der Waals surface area contributed by atoms with Crippen molar-refractivity contribution in [2.45, 2.75) is 13.8 Å². The Morgan fingerprint density at radius 2 is 1.33 bits per heavy atom. The van der Waals surface area contributed by atoms with Gasteiger partial charge in [-0.3, -0.25) is 0 Å². The topological polar surface area (TPSA) is 0 Å². The average Bonchev–Trinajstić information content (AvgIpc) is 2.34. The monoisotopic (exact) mass is 328 g/mol. The molecule has 0 nitrogen and oxygen atoms in total. The van der Waals surface area contributed by atoms with Gasteiger partial charge in [-0.05, 0) is 12.0 Å². The Kier molecular flexibility index (Phi) is 4.90. The Bertz CT molecular complexity index is 465. The first-order valence-electron chi connectivity index (χ1n) is 5.09. The fourth-order valence-electron chi connectivity index (χ4n) is 1.29. The molecule has 0 spiro atoms. The summed E-state index contributed by atoms with van der Waals surface area (Å²) >= 11 is 3.10. The molecule has 6 heteroatoms. The van der Waals surface area contributed by atoms with E-state index in [0.29, 0.717) is 5.57 Å². The standard InChI is InChI=1S/C12H10BrF5/c1-5(2)6(4-13)3-7-8(14)10(16)12(18)11(17)9(7)15/h3,5H,4H2,1-2H3. The minimum absolute atomic E-state index is 0.0839. The summed E-state index contributed by atoms with van der Waals surface area (Å²) in [7, 11) is 0. The summed E-state index contributed by atoms with van der Waals surface area (Å²) in [6, 6.07) is 0. The second-order valence-electron chi connectivity index (χ2n) is 3.99. The largest absolute Gasteiger partial charge is 0.203 e. The van der Waals surface area contributed by atoms with Crippen molar-refractivity contribution in [3.63, 3.8) is 0 Å². The number of allylic oxidation sites excluding steroid dienone is 1. The van der Waals surface area contributed by atoms with Crippen molar-refractivity contribution in [1.82, 2.24) is 0 Å². The lowest BCUT2D eigenvalue weighted by Gasteiger charge is -2.10. The molecule has 0 amide bonds. The van der Waals surface area contributed by atoms with Crippen molar-refractivity contribution < 1.29 is 22.0 Å². The van der Waals surface area contributed by atoms with E-state index in [1.54, 1.807) is 13.8 Å². The number of halogens is 6. The smallest absolute Gasteiger partial charge is 0.200 e. The maximum absolute atomic E-state index is 13.4. The molecule has 100 valence electrons. The summed E-state index contributed by atoms with van der Waals surface area (Å²) in [6.45, 7) is 3.50. The van der Waals surface area contributed by atoms with Crippen LogP contribution in [0.3, 0.4) is 0 Å². The van der Waals surface area contributed by atoms with E-state index in [1.807, 2.05) is 0 Å². The summed E-state index contributed by atoms with van der Waals surface area (Å²) in [5.74, 6) is -9.72. The van der Waals surface area contributed by atoms with Crippen LogP contribution in [0.25, 0.3) is 6.08 Å². The van der Waals surface area contributed by atoms with Gasteiger partial charge in [0.25, 0.3) is 0 Å². The lowest BCUT2D eigenvalue weighted by molar-refractivity contribution is 0.376. The van der Waals surface area contributed by atoms with E-state index in [0.717, 1.165) is 6.08 Å². The van der Waals surface area contributed by atoms with E-state index >= 15 is 0 Å². The highest BCUT2D eigenvalue weighted by Gasteiger charge is 2.24. The number of hydrogen-bond donors (Lipinski definition) is 0. The second-order valence-corrected chi connectivity index (χ2v) is 4.55. The van der Waals surface area contributed by atoms with E-state index in [2.05, 4.69) is 15.9 Å². The molecular formula is C12H10BrF5. The van der Waals surface area contributed by atoms with Crippen molar-refractivity contribution >= 4 is 22.0 Å². The Morgan fingerprint density at radius 3 is 1.67 bits per heavy atom. The van der Waals surface area contributed by atoms with Crippen LogP contribution in [-0.4, -0.2) is 5.33 Å². The molecule has 0 aliphatic rings. The van der Waals surface area contributed by atoms with E-state index in [-0.39, 0.29) is 11.2 Å². The van der Waals surface area contributed by atoms with Crippen LogP contribution in [0.4, 0.5) is 22.0 Å². The quantitative estimate of drug-likeness (QED) is 0.323. The second kappa shape index (κ2) is 5.82. The van der Waals surface area contributed by atoms with Crippen LogP contribution in [0, 0.1) is 35.0 Å². The van der Waals surface area contributed by atoms with E-state index in [1.165, 1.54) is 0 Å². The Labute approximate surface area is 110 Å². The van der Waals surface area contributed by atoms with Gasteiger partial charge in [0, 0.05) is 5.33 Å². The molecule has 0 atom stereocenters. The van der Waals surface area contributed by atoms with Gasteiger partial charge in [-0.25, -0.2) is 22.0 Å². The first-order chi connectivity index (χ1) is 8.31. The van der Waals surface area contributed by atoms with Crippen LogP contribution in [0.15, 0.2) is 5.57 Å². The summed E-state index contributed by atoms with van der Waals surface area (Å²) in [5, 5.41) is 0.282. The van der Waals surface area contributed by atoms with Crippen molar-refractivity contribution in [2.75, 3.05) is 5.33 Å². The third kappa shape index (κ3) is 2.74. The first kappa shape index (κ1) is 15.1. The molecule has 1 aromatic rings. The number of alkyl halides is 1. The third-order valence-corrected chi connectivity index (χ3v) is 3.12. The zero-order chi connectivity index (χ0) is 14.0. The van der Waals surface area contributed by atoms with E-state index < -0.39 is 34.6 Å². The summed E-state index contributed by atoms with van der Waals surface area (Å²) in [6.07, 6.45) is 0.982. The molecule has 0 aromatic heterocycles. The van der Waals surface area contributed by atoms with Gasteiger partial charge < -0.3 is 0 Å². The fraction of sp³-hybridized carbons (Fsp3) is 0.333. The molecule has 0 saturated heterocycles. The minimum atomic E-state index is -2.15. The molecule has 0 aliphatic carbocycles. The molecule has 0 aliphatic heterocycles. The highest BCUT2D eigenvalue weighted by Crippen LogP contribution is 2.26. The van der Waals surface area contributed by atoms with Gasteiger partial charge in [-0.2, -0.15) is 0 Å². The van der Waals surface area contributed by atoms with Crippen molar-refractivity contribution in [1.29, 1.82) is 0 Å². The van der Waals surface area contributed by atoms with Gasteiger partial charge in [-0.1, -0.05) is 35.4 Å². The zero-order valence-electron chi connectivity index (χ0n) is 9.63. The Hall–Kier alpha value is -0.910. The number of benzene rings is 1. The zero-order valence-corrected chi connectivity index (χ0v) is 11.2. The molecule has 0 unspecified atom stereocenters. The molecule has 0 bridgehead atoms. The number of hydrogen-bond acceptors (Lipinski definition) is 0. The van der Waals surface area contributed by atoms with Crippen molar-refractivity contribution in [3.05, 3.63) is 40.2 Å². The molecule has 0 heterocycles. The van der Waals surface area contributed by atoms with Gasteiger partial charge in [0.2, 0.25) is 5.82 Å². The minimum Gasteiger partial charge on any atom is -0.203 e. The van der Waals surface area contributed by atoms with Crippen molar-refractivity contribution in [3.8, 4) is 0 Å². The van der Waals surface area contributed by atoms with E-state index in [9.17, 15) is 22.0 Å². The van der Waals surface area contributed by atoms with Gasteiger partial charge in [-0.15, -0.1) is 0 Å². The summed E-state index contributed by atoms with van der Waals surface area (Å²) in [5.41, 5.74) is -0.382. The highest BCUT2D eigenvalue weighted by molar-refractivity contribution is 9.09. The van der Waals surface area contributed by atoms with Crippen LogP contribution in [-0.2, 0) is 0 Å². The normalized spacial score (nSPS) is 12.4. The van der Waals surface area contributed by atoms with Crippen molar-refractivity contribution in [2.24, 2.45) is 5.92 Å². The first-order valence-corrected chi connectivity index (χ1v) is 6.21. The molecule has 18 heavy (non-hydrogen) atoms. The fourth-order valence-corrected chi connectivity index (χ4v) is 2.10. The predicted molar refractivity (Wildman–Crippen MR) is 62.8 cm³/mol. The number of rotatable bonds is 3. The lowest BCUT2D eigenvalue weighted by Crippen LogP contribution is -2.05. The molecule has 0 fully saturated rings. The van der Waals surface area contributed by atoms with Crippen LogP contribution in [0.5, 0.6) is 0 Å². The van der Waals surface area contributed by atoms with Crippen LogP contribution in [0.2, 0.25) is 0 Å². The van der Waals surface area contributed by atoms with Crippen LogP contribution >= 0.6 is 15.9 Å². The summed E-state index contributed by atoms with van der Waals surface area (Å²) in [4.78, 5) is 0. The van der Waals surface area contributed by atoms with Gasteiger partial charge in [0.1, 0.15) is 0 Å². The van der Waals surface area contributed by atoms with Crippen LogP contribution in [0.1, 0.15) is 19.4 Å². The Morgan fingerprint density at radius 1 is 0.944 bits per heavy atom. The van der Waals surface area contributed by atoms with Gasteiger partial charge >= 0.3 is 0 Å². The van der Waals surface area contributed by atoms with E-state index in [4.69, 9.17) is 0 Å². The lowest BCUT2D eigenvalue weighted by atomic mass is 10.0. The average molecular weight is 329 g/mol. The van der Waals surface area contributed by atoms with Crippen LogP contribution < -0.4 is 0 Å². The molecular weight excluding hydrogens is 319 g/mol. The molecule has 0 saturated carbocycles. The molecule has 1 aromatic carbocycles. The highest BCUT2D eigenvalue weighted by atomic mass is 79.9. The maximum atomic E-state index is 13.4. The van der Waals surface area contributed by atoms with Gasteiger partial charge in [0.15, 0.2) is 23.3 Å². The maximum Gasteiger partial charge on any atom is 0.200 e.